The number of likely N-dealkylation sites (tertiary alicyclic amines) is 1. The molecule has 0 aliphatic carbocycles. The molecule has 180 valence electrons. The first-order valence-electron chi connectivity index (χ1n) is 11.6. The molecule has 2 aromatic rings. The van der Waals surface area contributed by atoms with Gasteiger partial charge in [-0.2, -0.15) is 4.39 Å². The second-order valence-corrected chi connectivity index (χ2v) is 10.8. The van der Waals surface area contributed by atoms with E-state index in [0.29, 0.717) is 12.2 Å². The number of halogens is 1. The Kier molecular flexibility index (Phi) is 7.96. The summed E-state index contributed by atoms with van der Waals surface area (Å²) in [7, 11) is 0. The molecule has 1 aliphatic heterocycles. The highest BCUT2D eigenvalue weighted by Crippen LogP contribution is 2.44. The van der Waals surface area contributed by atoms with Crippen molar-refractivity contribution in [2.75, 3.05) is 13.1 Å². The Balaban J connectivity index is 1.80. The maximum Gasteiger partial charge on any atom is 0.412 e. The van der Waals surface area contributed by atoms with Gasteiger partial charge in [-0.1, -0.05) is 19.6 Å². The lowest BCUT2D eigenvalue weighted by Crippen LogP contribution is -2.49. The zero-order valence-electron chi connectivity index (χ0n) is 20.4. The summed E-state index contributed by atoms with van der Waals surface area (Å²) in [6.07, 6.45) is 4.64. The van der Waals surface area contributed by atoms with Gasteiger partial charge in [-0.3, -0.25) is 9.88 Å². The van der Waals surface area contributed by atoms with Gasteiger partial charge < -0.3 is 10.1 Å². The Labute approximate surface area is 201 Å². The Bertz CT molecular complexity index is 972. The van der Waals surface area contributed by atoms with Crippen LogP contribution in [0, 0.1) is 17.5 Å². The normalized spacial score (nSPS) is 19.9. The number of aryl methyl sites for hydroxylation is 2. The first-order chi connectivity index (χ1) is 15.6. The van der Waals surface area contributed by atoms with Gasteiger partial charge in [-0.05, 0) is 77.3 Å². The lowest BCUT2D eigenvalue weighted by molar-refractivity contribution is 0.107. The van der Waals surface area contributed by atoms with E-state index in [9.17, 15) is 9.18 Å². The van der Waals surface area contributed by atoms with Crippen molar-refractivity contribution in [1.29, 1.82) is 0 Å². The van der Waals surface area contributed by atoms with Crippen LogP contribution in [-0.2, 0) is 16.7 Å². The van der Waals surface area contributed by atoms with Crippen LogP contribution in [0.1, 0.15) is 63.1 Å². The lowest BCUT2D eigenvalue weighted by Gasteiger charge is -2.40. The molecular weight excluding hydrogens is 437 g/mol. The van der Waals surface area contributed by atoms with Gasteiger partial charge in [0.05, 0.1) is 0 Å². The van der Waals surface area contributed by atoms with Crippen LogP contribution in [0.5, 0.6) is 0 Å². The van der Waals surface area contributed by atoms with Gasteiger partial charge in [0.2, 0.25) is 0 Å². The first kappa shape index (κ1) is 25.4. The third-order valence-corrected chi connectivity index (χ3v) is 8.11. The number of aromatic nitrogens is 1. The Hall–Kier alpha value is -2.25. The van der Waals surface area contributed by atoms with Gasteiger partial charge in [-0.25, -0.2) is 4.79 Å². The number of hydrogen-bond acceptors (Lipinski definition) is 5. The molecule has 0 aromatic carbocycles. The topological polar surface area (TPSA) is 54.5 Å². The van der Waals surface area contributed by atoms with Crippen LogP contribution in [0.4, 0.5) is 9.18 Å². The highest BCUT2D eigenvalue weighted by Gasteiger charge is 2.47. The van der Waals surface area contributed by atoms with Crippen LogP contribution in [0.2, 0.25) is 0 Å². The molecule has 1 N–H and O–H groups in total. The SMILES string of the molecule is C=C(CC)OC(=O)N[C@@H](C)C1(CCc2ccc(F)s2)CCN(C(C)(C)c2ccc(C)nc2)C1. The Morgan fingerprint density at radius 2 is 2.15 bits per heavy atom. The van der Waals surface area contributed by atoms with Crippen molar-refractivity contribution in [3.8, 4) is 0 Å². The number of thiophene rings is 1. The molecule has 2 aromatic heterocycles. The summed E-state index contributed by atoms with van der Waals surface area (Å²) in [6.45, 7) is 15.9. The van der Waals surface area contributed by atoms with Crippen LogP contribution in [0.3, 0.4) is 0 Å². The molecule has 5 nitrogen and oxygen atoms in total. The van der Waals surface area contributed by atoms with Crippen molar-refractivity contribution < 1.29 is 13.9 Å². The number of nitrogens with one attached hydrogen (secondary N) is 1. The highest BCUT2D eigenvalue weighted by molar-refractivity contribution is 7.10. The van der Waals surface area contributed by atoms with Crippen LogP contribution in [0.15, 0.2) is 42.8 Å². The van der Waals surface area contributed by atoms with Crippen LogP contribution in [0.25, 0.3) is 0 Å². The number of pyridine rings is 1. The minimum atomic E-state index is -0.462. The zero-order valence-corrected chi connectivity index (χ0v) is 21.2. The van der Waals surface area contributed by atoms with E-state index in [0.717, 1.165) is 42.9 Å². The number of amides is 1. The number of carbonyl (C=O) groups is 1. The number of carbonyl (C=O) groups excluding carboxylic acids is 1. The summed E-state index contributed by atoms with van der Waals surface area (Å²) in [5, 5.41) is 2.90. The van der Waals surface area contributed by atoms with Gasteiger partial charge in [0.15, 0.2) is 5.13 Å². The first-order valence-corrected chi connectivity index (χ1v) is 12.5. The van der Waals surface area contributed by atoms with E-state index >= 15 is 0 Å². The van der Waals surface area contributed by atoms with Gasteiger partial charge in [0.1, 0.15) is 5.76 Å². The van der Waals surface area contributed by atoms with Gasteiger partial charge in [0, 0.05) is 46.7 Å². The number of alkyl carbamates (subject to hydrolysis) is 1. The fraction of sp³-hybridized carbons (Fsp3) is 0.538. The van der Waals surface area contributed by atoms with Crippen molar-refractivity contribution in [2.45, 2.75) is 71.9 Å². The number of nitrogens with zero attached hydrogens (tertiary/aromatic N) is 2. The van der Waals surface area contributed by atoms with Crippen molar-refractivity contribution >= 4 is 17.4 Å². The van der Waals surface area contributed by atoms with Gasteiger partial charge in [0.25, 0.3) is 0 Å². The van der Waals surface area contributed by atoms with Crippen molar-refractivity contribution in [3.05, 3.63) is 64.1 Å². The zero-order chi connectivity index (χ0) is 24.2. The van der Waals surface area contributed by atoms with Crippen LogP contribution in [-0.4, -0.2) is 35.1 Å². The molecule has 1 fully saturated rings. The summed E-state index contributed by atoms with van der Waals surface area (Å²) in [5.74, 6) is 0.448. The molecular formula is C26H36FN3O2S. The van der Waals surface area contributed by atoms with Gasteiger partial charge >= 0.3 is 6.09 Å². The fourth-order valence-corrected chi connectivity index (χ4v) is 5.31. The second kappa shape index (κ2) is 10.3. The predicted octanol–water partition coefficient (Wildman–Crippen LogP) is 6.19. The molecule has 1 unspecified atom stereocenters. The molecule has 0 saturated carbocycles. The van der Waals surface area contributed by atoms with E-state index < -0.39 is 6.09 Å². The molecule has 0 spiro atoms. The van der Waals surface area contributed by atoms with E-state index in [1.165, 1.54) is 23.0 Å². The molecule has 3 rings (SSSR count). The fourth-order valence-electron chi connectivity index (χ4n) is 4.58. The summed E-state index contributed by atoms with van der Waals surface area (Å²) in [6, 6.07) is 7.46. The maximum atomic E-state index is 13.6. The number of allylic oxidation sites excluding steroid dienone is 1. The third kappa shape index (κ3) is 6.01. The predicted molar refractivity (Wildman–Crippen MR) is 132 cm³/mol. The average molecular weight is 474 g/mol. The highest BCUT2D eigenvalue weighted by atomic mass is 32.1. The summed E-state index contributed by atoms with van der Waals surface area (Å²) in [4.78, 5) is 20.5. The molecule has 1 amide bonds. The molecule has 2 atom stereocenters. The molecule has 1 saturated heterocycles. The molecule has 33 heavy (non-hydrogen) atoms. The summed E-state index contributed by atoms with van der Waals surface area (Å²) < 4.78 is 18.9. The number of ether oxygens (including phenoxy) is 1. The minimum absolute atomic E-state index is 0.114. The summed E-state index contributed by atoms with van der Waals surface area (Å²) in [5.41, 5.74) is 1.80. The number of rotatable bonds is 9. The molecule has 7 heteroatoms. The standard InChI is InChI=1S/C26H36FN3O2S/c1-7-19(3)32-24(31)29-20(4)26(13-12-22-10-11-23(27)33-22)14-15-30(17-26)25(5,6)21-9-8-18(2)28-16-21/h8-11,16,20H,3,7,12-15,17H2,1-2,4-6H3,(H,29,31)/t20-,26?/m0/s1. The third-order valence-electron chi connectivity index (χ3n) is 7.18. The Morgan fingerprint density at radius 1 is 1.39 bits per heavy atom. The Morgan fingerprint density at radius 3 is 2.76 bits per heavy atom. The van der Waals surface area contributed by atoms with Crippen molar-refractivity contribution in [3.63, 3.8) is 0 Å². The van der Waals surface area contributed by atoms with E-state index in [1.54, 1.807) is 0 Å². The van der Waals surface area contributed by atoms with Crippen LogP contribution >= 0.6 is 11.3 Å². The second-order valence-electron chi connectivity index (χ2n) is 9.63. The van der Waals surface area contributed by atoms with Crippen LogP contribution < -0.4 is 5.32 Å². The number of hydrogen-bond donors (Lipinski definition) is 1. The van der Waals surface area contributed by atoms with Gasteiger partial charge in [-0.15, -0.1) is 11.3 Å². The molecule has 3 heterocycles. The van der Waals surface area contributed by atoms with E-state index in [-0.39, 0.29) is 22.1 Å². The van der Waals surface area contributed by atoms with Crippen molar-refractivity contribution in [1.82, 2.24) is 15.2 Å². The summed E-state index contributed by atoms with van der Waals surface area (Å²) >= 11 is 1.20. The molecule has 0 bridgehead atoms. The largest absolute Gasteiger partial charge is 0.416 e. The lowest BCUT2D eigenvalue weighted by atomic mass is 9.76. The van der Waals surface area contributed by atoms with E-state index in [2.05, 4.69) is 48.6 Å². The van der Waals surface area contributed by atoms with E-state index in [4.69, 9.17) is 4.74 Å². The molecule has 1 aliphatic rings. The minimum Gasteiger partial charge on any atom is -0.416 e. The van der Waals surface area contributed by atoms with E-state index in [1.807, 2.05) is 32.2 Å². The quantitative estimate of drug-likeness (QED) is 0.441. The average Bonchev–Trinajstić information content (AvgIpc) is 3.40. The maximum absolute atomic E-state index is 13.6. The smallest absolute Gasteiger partial charge is 0.412 e. The monoisotopic (exact) mass is 473 g/mol. The van der Waals surface area contributed by atoms with Crippen molar-refractivity contribution in [2.24, 2.45) is 5.41 Å². The molecule has 0 radical (unpaired) electrons.